The molecule has 1 aromatic heterocycles. The number of nitrogens with two attached hydrogens (primary N) is 1. The fraction of sp³-hybridized carbons (Fsp3) is 0.400. The van der Waals surface area contributed by atoms with Gasteiger partial charge in [0, 0.05) is 16.2 Å². The zero-order chi connectivity index (χ0) is 14.0. The third-order valence-electron chi connectivity index (χ3n) is 3.27. The van der Waals surface area contributed by atoms with E-state index in [2.05, 4.69) is 59.1 Å². The lowest BCUT2D eigenvalue weighted by Crippen LogP contribution is -2.21. The largest absolute Gasteiger partial charge is 0.327 e. The molecule has 0 bridgehead atoms. The molecular formula is C15H20BrN3. The highest BCUT2D eigenvalue weighted by atomic mass is 79.9. The molecular weight excluding hydrogens is 302 g/mol. The van der Waals surface area contributed by atoms with Gasteiger partial charge in [0.25, 0.3) is 0 Å². The normalized spacial score (nSPS) is 12.7. The summed E-state index contributed by atoms with van der Waals surface area (Å²) in [6.45, 7) is 6.18. The van der Waals surface area contributed by atoms with Crippen molar-refractivity contribution in [2.45, 2.75) is 39.7 Å². The van der Waals surface area contributed by atoms with Crippen molar-refractivity contribution in [2.75, 3.05) is 0 Å². The maximum absolute atomic E-state index is 6.00. The van der Waals surface area contributed by atoms with Crippen LogP contribution in [0.25, 0.3) is 5.69 Å². The second-order valence-electron chi connectivity index (χ2n) is 5.00. The van der Waals surface area contributed by atoms with E-state index < -0.39 is 0 Å². The van der Waals surface area contributed by atoms with Crippen molar-refractivity contribution in [1.29, 1.82) is 0 Å². The topological polar surface area (TPSA) is 43.8 Å². The first-order chi connectivity index (χ1) is 9.01. The van der Waals surface area contributed by atoms with E-state index >= 15 is 0 Å². The molecule has 0 saturated heterocycles. The molecule has 1 unspecified atom stereocenters. The Hall–Kier alpha value is -1.13. The van der Waals surface area contributed by atoms with E-state index in [1.54, 1.807) is 0 Å². The lowest BCUT2D eigenvalue weighted by molar-refractivity contribution is 0.646. The molecule has 0 amide bonds. The van der Waals surface area contributed by atoms with Gasteiger partial charge in [-0.3, -0.25) is 0 Å². The van der Waals surface area contributed by atoms with E-state index in [9.17, 15) is 0 Å². The summed E-state index contributed by atoms with van der Waals surface area (Å²) in [7, 11) is 0. The van der Waals surface area contributed by atoms with Crippen LogP contribution in [0.15, 0.2) is 28.7 Å². The number of aryl methyl sites for hydroxylation is 2. The van der Waals surface area contributed by atoms with Crippen LogP contribution in [0, 0.1) is 13.8 Å². The van der Waals surface area contributed by atoms with Crippen LogP contribution in [-0.2, 0) is 6.42 Å². The summed E-state index contributed by atoms with van der Waals surface area (Å²) in [6.07, 6.45) is 1.91. The fourth-order valence-electron chi connectivity index (χ4n) is 2.17. The van der Waals surface area contributed by atoms with Gasteiger partial charge >= 0.3 is 0 Å². The lowest BCUT2D eigenvalue weighted by Gasteiger charge is -2.12. The molecule has 102 valence electrons. The first-order valence-electron chi connectivity index (χ1n) is 6.59. The third kappa shape index (κ3) is 3.25. The minimum Gasteiger partial charge on any atom is -0.327 e. The van der Waals surface area contributed by atoms with Crippen LogP contribution in [-0.4, -0.2) is 15.8 Å². The maximum Gasteiger partial charge on any atom is 0.0790 e. The quantitative estimate of drug-likeness (QED) is 0.936. The van der Waals surface area contributed by atoms with Crippen molar-refractivity contribution in [2.24, 2.45) is 5.73 Å². The third-order valence-corrected chi connectivity index (χ3v) is 3.91. The molecule has 3 nitrogen and oxygen atoms in total. The summed E-state index contributed by atoms with van der Waals surface area (Å²) in [5.74, 6) is 0. The fourth-order valence-corrected chi connectivity index (χ4v) is 2.76. The summed E-state index contributed by atoms with van der Waals surface area (Å²) in [5, 5.41) is 4.51. The van der Waals surface area contributed by atoms with Crippen molar-refractivity contribution in [1.82, 2.24) is 9.78 Å². The van der Waals surface area contributed by atoms with Gasteiger partial charge in [-0.2, -0.15) is 5.10 Å². The molecule has 0 spiro atoms. The zero-order valence-electron chi connectivity index (χ0n) is 11.7. The number of hydrogen-bond acceptors (Lipinski definition) is 2. The number of benzene rings is 1. The van der Waals surface area contributed by atoms with Crippen LogP contribution >= 0.6 is 15.9 Å². The Morgan fingerprint density at radius 1 is 1.32 bits per heavy atom. The Labute approximate surface area is 122 Å². The first kappa shape index (κ1) is 14.3. The van der Waals surface area contributed by atoms with E-state index in [-0.39, 0.29) is 6.04 Å². The van der Waals surface area contributed by atoms with Gasteiger partial charge in [-0.25, -0.2) is 4.68 Å². The Morgan fingerprint density at radius 2 is 2.05 bits per heavy atom. The van der Waals surface area contributed by atoms with Crippen LogP contribution in [0.5, 0.6) is 0 Å². The van der Waals surface area contributed by atoms with Crippen molar-refractivity contribution >= 4 is 15.9 Å². The molecule has 2 N–H and O–H groups in total. The van der Waals surface area contributed by atoms with Crippen molar-refractivity contribution in [3.8, 4) is 5.69 Å². The van der Waals surface area contributed by atoms with Crippen LogP contribution in [0.2, 0.25) is 0 Å². The standard InChI is InChI=1S/C15H20BrN3/c1-4-13(17)8-12-5-6-15(14(16)9-12)19-11(3)7-10(2)18-19/h5-7,9,13H,4,8,17H2,1-3H3. The van der Waals surface area contributed by atoms with Gasteiger partial charge in [-0.1, -0.05) is 13.0 Å². The van der Waals surface area contributed by atoms with E-state index in [1.165, 1.54) is 5.56 Å². The number of hydrogen-bond donors (Lipinski definition) is 1. The Balaban J connectivity index is 2.32. The summed E-state index contributed by atoms with van der Waals surface area (Å²) in [6, 6.07) is 8.67. The lowest BCUT2D eigenvalue weighted by atomic mass is 10.0. The molecule has 0 aliphatic carbocycles. The molecule has 2 rings (SSSR count). The van der Waals surface area contributed by atoms with Crippen molar-refractivity contribution in [3.05, 3.63) is 45.7 Å². The van der Waals surface area contributed by atoms with Gasteiger partial charge < -0.3 is 5.73 Å². The molecule has 0 saturated carbocycles. The highest BCUT2D eigenvalue weighted by Crippen LogP contribution is 2.24. The number of aromatic nitrogens is 2. The van der Waals surface area contributed by atoms with E-state index in [1.807, 2.05) is 11.6 Å². The number of halogens is 1. The maximum atomic E-state index is 6.00. The summed E-state index contributed by atoms with van der Waals surface area (Å²) >= 11 is 3.64. The van der Waals surface area contributed by atoms with Crippen molar-refractivity contribution < 1.29 is 0 Å². The van der Waals surface area contributed by atoms with Gasteiger partial charge in [-0.05, 0) is 66.4 Å². The molecule has 0 fully saturated rings. The molecule has 0 aliphatic rings. The number of nitrogens with zero attached hydrogens (tertiary/aromatic N) is 2. The summed E-state index contributed by atoms with van der Waals surface area (Å²) < 4.78 is 3.02. The molecule has 1 heterocycles. The second kappa shape index (κ2) is 5.88. The molecule has 2 aromatic rings. The highest BCUT2D eigenvalue weighted by molar-refractivity contribution is 9.10. The number of rotatable bonds is 4. The van der Waals surface area contributed by atoms with Gasteiger partial charge in [-0.15, -0.1) is 0 Å². The van der Waals surface area contributed by atoms with Crippen LogP contribution < -0.4 is 5.73 Å². The van der Waals surface area contributed by atoms with Crippen molar-refractivity contribution in [3.63, 3.8) is 0 Å². The van der Waals surface area contributed by atoms with Crippen LogP contribution in [0.3, 0.4) is 0 Å². The predicted octanol–water partition coefficient (Wildman–Crippen LogP) is 3.53. The van der Waals surface area contributed by atoms with Gasteiger partial charge in [0.05, 0.1) is 11.4 Å². The van der Waals surface area contributed by atoms with E-state index in [0.29, 0.717) is 0 Å². The van der Waals surface area contributed by atoms with Gasteiger partial charge in [0.15, 0.2) is 0 Å². The Kier molecular flexibility index (Phi) is 4.42. The molecule has 4 heteroatoms. The average molecular weight is 322 g/mol. The Morgan fingerprint density at radius 3 is 2.58 bits per heavy atom. The van der Waals surface area contributed by atoms with Gasteiger partial charge in [0.2, 0.25) is 0 Å². The van der Waals surface area contributed by atoms with Crippen LogP contribution in [0.4, 0.5) is 0 Å². The minimum atomic E-state index is 0.228. The molecule has 0 aliphatic heterocycles. The average Bonchev–Trinajstić information content (AvgIpc) is 2.68. The molecule has 19 heavy (non-hydrogen) atoms. The van der Waals surface area contributed by atoms with Gasteiger partial charge in [0.1, 0.15) is 0 Å². The minimum absolute atomic E-state index is 0.228. The SMILES string of the molecule is CCC(N)Cc1ccc(-n2nc(C)cc2C)c(Br)c1. The smallest absolute Gasteiger partial charge is 0.0790 e. The first-order valence-corrected chi connectivity index (χ1v) is 7.38. The van der Waals surface area contributed by atoms with E-state index in [4.69, 9.17) is 5.73 Å². The van der Waals surface area contributed by atoms with E-state index in [0.717, 1.165) is 34.4 Å². The highest BCUT2D eigenvalue weighted by Gasteiger charge is 2.09. The van der Waals surface area contributed by atoms with Crippen LogP contribution in [0.1, 0.15) is 30.3 Å². The summed E-state index contributed by atoms with van der Waals surface area (Å²) in [4.78, 5) is 0. The molecule has 1 atom stereocenters. The summed E-state index contributed by atoms with van der Waals surface area (Å²) in [5.41, 5.74) is 10.5. The molecule has 1 aromatic carbocycles. The second-order valence-corrected chi connectivity index (χ2v) is 5.85. The monoisotopic (exact) mass is 321 g/mol. The predicted molar refractivity (Wildman–Crippen MR) is 82.7 cm³/mol. The Bertz CT molecular complexity index is 575. The molecule has 0 radical (unpaired) electrons. The zero-order valence-corrected chi connectivity index (χ0v) is 13.2.